The lowest BCUT2D eigenvalue weighted by Crippen LogP contribution is -2.30. The number of hydrazone groups is 2. The quantitative estimate of drug-likeness (QED) is 0.0594. The second-order valence-corrected chi connectivity index (χ2v) is 17.8. The number of benzene rings is 4. The normalized spacial score (nSPS) is 21.4. The Morgan fingerprint density at radius 3 is 1.30 bits per heavy atom. The molecule has 0 radical (unpaired) electrons. The van der Waals surface area contributed by atoms with Gasteiger partial charge in [-0.3, -0.25) is 10.0 Å². The first-order valence-electron chi connectivity index (χ1n) is 19.1. The van der Waals surface area contributed by atoms with Crippen molar-refractivity contribution in [3.05, 3.63) is 109 Å². The summed E-state index contributed by atoms with van der Waals surface area (Å²) in [6.45, 7) is 5.53. The van der Waals surface area contributed by atoms with Crippen LogP contribution in [0.1, 0.15) is 52.4 Å². The maximum absolute atomic E-state index is 11.0. The molecule has 0 saturated heterocycles. The molecule has 0 aromatic heterocycles. The average Bonchev–Trinajstić information content (AvgIpc) is 3.81. The summed E-state index contributed by atoms with van der Waals surface area (Å²) in [5, 5.41) is 35.6. The van der Waals surface area contributed by atoms with Crippen molar-refractivity contribution in [1.29, 1.82) is 0 Å². The third-order valence-electron chi connectivity index (χ3n) is 10.3. The third kappa shape index (κ3) is 12.4. The summed E-state index contributed by atoms with van der Waals surface area (Å²) in [6, 6.07) is 37.5. The van der Waals surface area contributed by atoms with Crippen LogP contribution in [0.15, 0.2) is 139 Å². The van der Waals surface area contributed by atoms with Crippen LogP contribution in [0.2, 0.25) is 0 Å². The van der Waals surface area contributed by atoms with E-state index in [2.05, 4.69) is 99.1 Å². The molecule has 2 N–H and O–H groups in total. The van der Waals surface area contributed by atoms with Crippen molar-refractivity contribution in [2.45, 2.75) is 84.2 Å². The standard InChI is InChI=1S/C44H54N4O2S3/c1-33-11-9-13-35(33)27-45-47(37-15-5-3-6-16-37)29-39(49)31-51-41-19-23-43(24-20-41)53-44-25-21-42(22-26-44)52-32-40(50)30-48(38-17-7-4-8-18-38)46-28-36-14-10-12-34(36)2/h3-8,15-28,33-36,39-40,49-50H,9-14,29-32H2,1-2H3/b45-27+,46-28+. The van der Waals surface area contributed by atoms with Crippen LogP contribution in [-0.2, 0) is 0 Å². The fourth-order valence-corrected chi connectivity index (χ4v) is 9.45. The summed E-state index contributed by atoms with van der Waals surface area (Å²) >= 11 is 5.08. The number of nitrogens with zero attached hydrogens (tertiary/aromatic N) is 4. The topological polar surface area (TPSA) is 71.7 Å². The van der Waals surface area contributed by atoms with E-state index in [0.717, 1.165) is 21.2 Å². The van der Waals surface area contributed by atoms with E-state index in [0.29, 0.717) is 48.3 Å². The minimum Gasteiger partial charge on any atom is -0.390 e. The lowest BCUT2D eigenvalue weighted by molar-refractivity contribution is 0.204. The van der Waals surface area contributed by atoms with Gasteiger partial charge in [0.05, 0.1) is 36.7 Å². The molecule has 6 atom stereocenters. The molecule has 0 bridgehead atoms. The van der Waals surface area contributed by atoms with Crippen molar-refractivity contribution >= 4 is 59.1 Å². The maximum atomic E-state index is 11.0. The van der Waals surface area contributed by atoms with Gasteiger partial charge in [-0.2, -0.15) is 10.2 Å². The molecular formula is C44H54N4O2S3. The summed E-state index contributed by atoms with van der Waals surface area (Å²) in [7, 11) is 0. The highest BCUT2D eigenvalue weighted by Gasteiger charge is 2.23. The second kappa shape index (κ2) is 20.5. The molecule has 0 spiro atoms. The van der Waals surface area contributed by atoms with E-state index in [9.17, 15) is 10.2 Å². The van der Waals surface area contributed by atoms with E-state index >= 15 is 0 Å². The van der Waals surface area contributed by atoms with E-state index in [-0.39, 0.29) is 0 Å². The molecule has 6 nitrogen and oxygen atoms in total. The van der Waals surface area contributed by atoms with Crippen LogP contribution in [0.5, 0.6) is 0 Å². The third-order valence-corrected chi connectivity index (χ3v) is 13.6. The predicted molar refractivity (Wildman–Crippen MR) is 228 cm³/mol. The van der Waals surface area contributed by atoms with Gasteiger partial charge < -0.3 is 10.2 Å². The highest BCUT2D eigenvalue weighted by molar-refractivity contribution is 8.00. The van der Waals surface area contributed by atoms with Crippen molar-refractivity contribution in [2.75, 3.05) is 34.6 Å². The zero-order valence-corrected chi connectivity index (χ0v) is 33.4. The van der Waals surface area contributed by atoms with Crippen molar-refractivity contribution < 1.29 is 10.2 Å². The molecule has 2 fully saturated rings. The number of thioether (sulfide) groups is 2. The zero-order chi connectivity index (χ0) is 36.8. The van der Waals surface area contributed by atoms with Gasteiger partial charge in [-0.05, 0) is 109 Å². The summed E-state index contributed by atoms with van der Waals surface area (Å²) in [6.07, 6.45) is 10.6. The monoisotopic (exact) mass is 766 g/mol. The number of hydrogen-bond acceptors (Lipinski definition) is 9. The summed E-state index contributed by atoms with van der Waals surface area (Å²) in [5.74, 6) is 3.54. The molecule has 53 heavy (non-hydrogen) atoms. The highest BCUT2D eigenvalue weighted by Crippen LogP contribution is 2.33. The van der Waals surface area contributed by atoms with Gasteiger partial charge in [-0.1, -0.05) is 87.7 Å². The number of aliphatic hydroxyl groups excluding tert-OH is 2. The molecule has 0 aliphatic heterocycles. The molecule has 2 aliphatic rings. The van der Waals surface area contributed by atoms with Gasteiger partial charge in [-0.25, -0.2) is 0 Å². The molecule has 6 rings (SSSR count). The Morgan fingerprint density at radius 2 is 0.943 bits per heavy atom. The highest BCUT2D eigenvalue weighted by atomic mass is 32.2. The molecule has 4 aromatic carbocycles. The van der Waals surface area contributed by atoms with Crippen LogP contribution in [-0.4, -0.2) is 59.4 Å². The van der Waals surface area contributed by atoms with Gasteiger partial charge in [0.2, 0.25) is 0 Å². The number of rotatable bonds is 18. The Bertz CT molecular complexity index is 1580. The minimum atomic E-state index is -0.522. The lowest BCUT2D eigenvalue weighted by atomic mass is 10.00. The minimum absolute atomic E-state index is 0.455. The Kier molecular flexibility index (Phi) is 15.2. The predicted octanol–water partition coefficient (Wildman–Crippen LogP) is 10.6. The molecule has 280 valence electrons. The molecule has 2 saturated carbocycles. The molecule has 0 amide bonds. The van der Waals surface area contributed by atoms with E-state index in [1.165, 1.54) is 48.3 Å². The molecule has 4 aromatic rings. The zero-order valence-electron chi connectivity index (χ0n) is 31.0. The van der Waals surface area contributed by atoms with Crippen molar-refractivity contribution in [2.24, 2.45) is 33.9 Å². The van der Waals surface area contributed by atoms with Gasteiger partial charge in [0.25, 0.3) is 0 Å². The van der Waals surface area contributed by atoms with E-state index < -0.39 is 12.2 Å². The Balaban J connectivity index is 0.949. The summed E-state index contributed by atoms with van der Waals surface area (Å²) in [4.78, 5) is 4.62. The average molecular weight is 767 g/mol. The maximum Gasteiger partial charge on any atom is 0.0830 e. The molecule has 9 heteroatoms. The second-order valence-electron chi connectivity index (χ2n) is 14.5. The number of para-hydroxylation sites is 2. The molecule has 2 aliphatic carbocycles. The fraction of sp³-hybridized carbons (Fsp3) is 0.409. The first-order chi connectivity index (χ1) is 25.9. The van der Waals surface area contributed by atoms with Crippen molar-refractivity contribution in [3.63, 3.8) is 0 Å². The molecular weight excluding hydrogens is 713 g/mol. The van der Waals surface area contributed by atoms with E-state index in [1.807, 2.05) is 46.4 Å². The smallest absolute Gasteiger partial charge is 0.0830 e. The van der Waals surface area contributed by atoms with Crippen molar-refractivity contribution in [3.8, 4) is 0 Å². The van der Waals surface area contributed by atoms with Gasteiger partial charge in [0.1, 0.15) is 0 Å². The lowest BCUT2D eigenvalue weighted by Gasteiger charge is -2.23. The summed E-state index contributed by atoms with van der Waals surface area (Å²) < 4.78 is 0. The Labute approximate surface area is 329 Å². The van der Waals surface area contributed by atoms with Crippen LogP contribution in [0.4, 0.5) is 11.4 Å². The van der Waals surface area contributed by atoms with Gasteiger partial charge in [-0.15, -0.1) is 23.5 Å². The van der Waals surface area contributed by atoms with Crippen LogP contribution < -0.4 is 10.0 Å². The van der Waals surface area contributed by atoms with Gasteiger partial charge in [0, 0.05) is 43.5 Å². The van der Waals surface area contributed by atoms with Gasteiger partial charge in [0.15, 0.2) is 0 Å². The largest absolute Gasteiger partial charge is 0.390 e. The number of anilines is 2. The van der Waals surface area contributed by atoms with Gasteiger partial charge >= 0.3 is 0 Å². The summed E-state index contributed by atoms with van der Waals surface area (Å²) in [5.41, 5.74) is 2.01. The van der Waals surface area contributed by atoms with Crippen molar-refractivity contribution in [1.82, 2.24) is 0 Å². The van der Waals surface area contributed by atoms with Crippen LogP contribution >= 0.6 is 35.3 Å². The molecule has 6 unspecified atom stereocenters. The first-order valence-corrected chi connectivity index (χ1v) is 21.9. The Morgan fingerprint density at radius 1 is 0.566 bits per heavy atom. The van der Waals surface area contributed by atoms with E-state index in [4.69, 9.17) is 10.2 Å². The number of hydrogen-bond donors (Lipinski definition) is 2. The van der Waals surface area contributed by atoms with Crippen LogP contribution in [0.3, 0.4) is 0 Å². The number of aliphatic hydroxyl groups is 2. The first kappa shape index (κ1) is 39.5. The van der Waals surface area contributed by atoms with E-state index in [1.54, 1.807) is 35.3 Å². The Hall–Kier alpha value is -3.21. The SMILES string of the molecule is CC1CCCC1/C=N/N(CC(O)CSc1ccc(Sc2ccc(SCC(O)CN(/N=C/C3CCCC3C)c3ccccc3)cc2)cc1)c1ccccc1. The fourth-order valence-electron chi connectivity index (χ4n) is 7.00. The van der Waals surface area contributed by atoms with Crippen LogP contribution in [0, 0.1) is 23.7 Å². The van der Waals surface area contributed by atoms with Crippen LogP contribution in [0.25, 0.3) is 0 Å². The molecule has 0 heterocycles.